The first kappa shape index (κ1) is 29.2. The van der Waals surface area contributed by atoms with Gasteiger partial charge < -0.3 is 24.5 Å². The van der Waals surface area contributed by atoms with E-state index >= 15 is 0 Å². The number of methoxy groups -OCH3 is 1. The van der Waals surface area contributed by atoms with Gasteiger partial charge in [-0.15, -0.1) is 0 Å². The second kappa shape index (κ2) is 12.3. The molecular formula is C34H38N4O4. The summed E-state index contributed by atoms with van der Waals surface area (Å²) in [4.78, 5) is 17.6. The highest BCUT2D eigenvalue weighted by Crippen LogP contribution is 2.38. The highest BCUT2D eigenvalue weighted by Gasteiger charge is 2.24. The molecule has 42 heavy (non-hydrogen) atoms. The van der Waals surface area contributed by atoms with Crippen LogP contribution in [0, 0.1) is 17.2 Å². The van der Waals surface area contributed by atoms with Crippen molar-refractivity contribution in [3.8, 4) is 34.3 Å². The van der Waals surface area contributed by atoms with E-state index in [1.807, 2.05) is 50.2 Å². The average Bonchev–Trinajstić information content (AvgIpc) is 3.41. The highest BCUT2D eigenvalue weighted by molar-refractivity contribution is 5.97. The number of amides is 1. The van der Waals surface area contributed by atoms with Crippen molar-refractivity contribution in [3.63, 3.8) is 0 Å². The van der Waals surface area contributed by atoms with Crippen LogP contribution in [0.5, 0.6) is 5.75 Å². The molecular weight excluding hydrogens is 528 g/mol. The Bertz CT molecular complexity index is 1630. The highest BCUT2D eigenvalue weighted by atomic mass is 16.5. The molecule has 0 aliphatic carbocycles. The molecule has 5 rings (SSSR count). The molecule has 0 unspecified atom stereocenters. The van der Waals surface area contributed by atoms with Crippen LogP contribution >= 0.6 is 0 Å². The van der Waals surface area contributed by atoms with Gasteiger partial charge >= 0.3 is 0 Å². The van der Waals surface area contributed by atoms with Gasteiger partial charge in [0.25, 0.3) is 5.91 Å². The van der Waals surface area contributed by atoms with Crippen LogP contribution < -0.4 is 15.4 Å². The number of ether oxygens (including phenoxy) is 2. The molecule has 1 saturated heterocycles. The molecule has 0 spiro atoms. The Morgan fingerprint density at radius 2 is 1.90 bits per heavy atom. The van der Waals surface area contributed by atoms with E-state index in [2.05, 4.69) is 35.5 Å². The summed E-state index contributed by atoms with van der Waals surface area (Å²) in [7, 11) is 1.58. The Kier molecular flexibility index (Phi) is 8.51. The normalized spacial score (nSPS) is 14.1. The van der Waals surface area contributed by atoms with E-state index in [4.69, 9.17) is 13.9 Å². The van der Waals surface area contributed by atoms with Crippen molar-refractivity contribution in [2.24, 2.45) is 5.92 Å². The largest absolute Gasteiger partial charge is 0.496 e. The van der Waals surface area contributed by atoms with Gasteiger partial charge in [-0.3, -0.25) is 9.78 Å². The van der Waals surface area contributed by atoms with Crippen LogP contribution in [-0.2, 0) is 4.74 Å². The summed E-state index contributed by atoms with van der Waals surface area (Å²) < 4.78 is 17.5. The van der Waals surface area contributed by atoms with Gasteiger partial charge in [-0.05, 0) is 81.0 Å². The number of benzene rings is 2. The summed E-state index contributed by atoms with van der Waals surface area (Å²) in [6.07, 6.45) is 4.43. The number of nitrogens with one attached hydrogen (secondary N) is 2. The molecule has 0 bridgehead atoms. The van der Waals surface area contributed by atoms with Crippen LogP contribution in [0.25, 0.3) is 33.6 Å². The Morgan fingerprint density at radius 1 is 1.12 bits per heavy atom. The zero-order chi connectivity index (χ0) is 29.9. The smallest absolute Gasteiger partial charge is 0.251 e. The zero-order valence-electron chi connectivity index (χ0n) is 24.9. The molecule has 2 aromatic carbocycles. The van der Waals surface area contributed by atoms with Gasteiger partial charge in [0.1, 0.15) is 23.1 Å². The monoisotopic (exact) mass is 566 g/mol. The molecule has 2 aromatic heterocycles. The van der Waals surface area contributed by atoms with Crippen LogP contribution in [0.3, 0.4) is 0 Å². The van der Waals surface area contributed by atoms with Crippen molar-refractivity contribution >= 4 is 22.7 Å². The number of hydrogen-bond acceptors (Lipinski definition) is 7. The maximum absolute atomic E-state index is 13.1. The Balaban J connectivity index is 1.44. The molecule has 8 nitrogen and oxygen atoms in total. The molecule has 8 heteroatoms. The minimum absolute atomic E-state index is 0.151. The molecule has 0 radical (unpaired) electrons. The standard InChI is InChI=1S/C34H38N4O4/c1-21(2)19-34(3,4)38-33(39)23-6-8-27(30(17-23)40-5)31-18-29-32(42-31)26(10-13-36-29)22-7-9-28(24(16-22)20-35)37-25-11-14-41-15-12-25/h6-10,13,16-18,21,25,37H,11-12,14-15,19H2,1-5H3,(H,38,39). The van der Waals surface area contributed by atoms with E-state index in [0.717, 1.165) is 49.3 Å². The number of anilines is 1. The van der Waals surface area contributed by atoms with E-state index in [9.17, 15) is 10.1 Å². The van der Waals surface area contributed by atoms with Crippen molar-refractivity contribution in [1.29, 1.82) is 5.26 Å². The fraction of sp³-hybridized carbons (Fsp3) is 0.382. The number of aromatic nitrogens is 1. The lowest BCUT2D eigenvalue weighted by atomic mass is 9.92. The van der Waals surface area contributed by atoms with Crippen molar-refractivity contribution in [2.75, 3.05) is 25.6 Å². The Morgan fingerprint density at radius 3 is 2.62 bits per heavy atom. The minimum atomic E-state index is -0.331. The van der Waals surface area contributed by atoms with Gasteiger partial charge in [0.05, 0.1) is 23.9 Å². The molecule has 218 valence electrons. The third kappa shape index (κ3) is 6.42. The first-order chi connectivity index (χ1) is 20.2. The lowest BCUT2D eigenvalue weighted by Crippen LogP contribution is -2.44. The maximum Gasteiger partial charge on any atom is 0.251 e. The van der Waals surface area contributed by atoms with Crippen molar-refractivity contribution < 1.29 is 18.7 Å². The molecule has 0 saturated carbocycles. The Labute approximate surface area is 247 Å². The zero-order valence-corrected chi connectivity index (χ0v) is 24.9. The van der Waals surface area contributed by atoms with E-state index in [0.29, 0.717) is 45.2 Å². The average molecular weight is 567 g/mol. The minimum Gasteiger partial charge on any atom is -0.496 e. The lowest BCUT2D eigenvalue weighted by molar-refractivity contribution is 0.0900. The number of pyridine rings is 1. The molecule has 3 heterocycles. The van der Waals surface area contributed by atoms with Gasteiger partial charge in [-0.2, -0.15) is 5.26 Å². The second-order valence-corrected chi connectivity index (χ2v) is 11.9. The fourth-order valence-electron chi connectivity index (χ4n) is 5.78. The second-order valence-electron chi connectivity index (χ2n) is 11.9. The molecule has 1 amide bonds. The van der Waals surface area contributed by atoms with Crippen LogP contribution in [0.15, 0.2) is 59.1 Å². The van der Waals surface area contributed by atoms with Gasteiger partial charge in [0.15, 0.2) is 5.58 Å². The number of fused-ring (bicyclic) bond motifs is 1. The maximum atomic E-state index is 13.1. The van der Waals surface area contributed by atoms with Gasteiger partial charge in [-0.1, -0.05) is 19.9 Å². The summed E-state index contributed by atoms with van der Waals surface area (Å²) in [5, 5.41) is 16.6. The Hall–Kier alpha value is -4.35. The van der Waals surface area contributed by atoms with Crippen LogP contribution in [0.1, 0.15) is 62.9 Å². The van der Waals surface area contributed by atoms with Gasteiger partial charge in [0, 0.05) is 48.2 Å². The number of carbonyl (C=O) groups excluding carboxylic acids is 1. The molecule has 4 aromatic rings. The van der Waals surface area contributed by atoms with Gasteiger partial charge in [0.2, 0.25) is 0 Å². The number of furan rings is 1. The first-order valence-corrected chi connectivity index (χ1v) is 14.5. The summed E-state index contributed by atoms with van der Waals surface area (Å²) in [5.74, 6) is 1.41. The quantitative estimate of drug-likeness (QED) is 0.221. The van der Waals surface area contributed by atoms with Gasteiger partial charge in [-0.25, -0.2) is 0 Å². The summed E-state index contributed by atoms with van der Waals surface area (Å²) in [5.41, 5.74) is 5.29. The summed E-state index contributed by atoms with van der Waals surface area (Å²) in [6.45, 7) is 9.80. The lowest BCUT2D eigenvalue weighted by Gasteiger charge is -2.28. The molecule has 2 N–H and O–H groups in total. The van der Waals surface area contributed by atoms with Crippen molar-refractivity contribution in [1.82, 2.24) is 10.3 Å². The third-order valence-corrected chi connectivity index (χ3v) is 7.54. The molecule has 1 aliphatic heterocycles. The predicted octanol–water partition coefficient (Wildman–Crippen LogP) is 7.19. The van der Waals surface area contributed by atoms with Crippen LogP contribution in [0.4, 0.5) is 5.69 Å². The number of nitrogens with zero attached hydrogens (tertiary/aromatic N) is 2. The summed E-state index contributed by atoms with van der Waals surface area (Å²) >= 11 is 0. The van der Waals surface area contributed by atoms with Crippen molar-refractivity contribution in [3.05, 3.63) is 65.9 Å². The SMILES string of the molecule is COc1cc(C(=O)NC(C)(C)CC(C)C)ccc1-c1cc2nccc(-c3ccc(NC4CCOCC4)c(C#N)c3)c2o1. The van der Waals surface area contributed by atoms with E-state index in [1.165, 1.54) is 0 Å². The van der Waals surface area contributed by atoms with E-state index in [1.54, 1.807) is 25.4 Å². The number of rotatable bonds is 9. The number of nitriles is 1. The van der Waals surface area contributed by atoms with Crippen LogP contribution in [0.2, 0.25) is 0 Å². The molecule has 1 aliphatic rings. The van der Waals surface area contributed by atoms with E-state index in [-0.39, 0.29) is 17.5 Å². The topological polar surface area (TPSA) is 109 Å². The molecule has 1 fully saturated rings. The number of hydrogen-bond donors (Lipinski definition) is 2. The molecule has 0 atom stereocenters. The predicted molar refractivity (Wildman–Crippen MR) is 165 cm³/mol. The van der Waals surface area contributed by atoms with Crippen LogP contribution in [-0.4, -0.2) is 42.8 Å². The fourth-order valence-corrected chi connectivity index (χ4v) is 5.78. The summed E-state index contributed by atoms with van der Waals surface area (Å²) in [6, 6.07) is 17.6. The number of carbonyl (C=O) groups is 1. The van der Waals surface area contributed by atoms with Crippen molar-refractivity contribution in [2.45, 2.75) is 58.5 Å². The first-order valence-electron chi connectivity index (χ1n) is 14.5. The third-order valence-electron chi connectivity index (χ3n) is 7.54. The van der Waals surface area contributed by atoms with E-state index < -0.39 is 0 Å².